The van der Waals surface area contributed by atoms with Crippen molar-refractivity contribution in [2.75, 3.05) is 48.8 Å². The number of dihydropyridines is 1. The van der Waals surface area contributed by atoms with E-state index in [-0.39, 0.29) is 17.2 Å². The van der Waals surface area contributed by atoms with Crippen LogP contribution < -0.4 is 25.6 Å². The minimum Gasteiger partial charge on any atom is -0.452 e. The predicted molar refractivity (Wildman–Crippen MR) is 172 cm³/mol. The number of halogens is 2. The summed E-state index contributed by atoms with van der Waals surface area (Å²) in [6, 6.07) is 13.2. The van der Waals surface area contributed by atoms with E-state index in [2.05, 4.69) is 37.8 Å². The average Bonchev–Trinajstić information content (AvgIpc) is 3.88. The Morgan fingerprint density at radius 2 is 1.67 bits per heavy atom. The number of aromatic nitrogens is 1. The van der Waals surface area contributed by atoms with Gasteiger partial charge in [0.15, 0.2) is 17.3 Å². The smallest absolute Gasteiger partial charge is 0.240 e. The van der Waals surface area contributed by atoms with Crippen molar-refractivity contribution in [2.24, 2.45) is 5.41 Å². The lowest BCUT2D eigenvalue weighted by Gasteiger charge is -2.33. The zero-order valence-corrected chi connectivity index (χ0v) is 25.1. The van der Waals surface area contributed by atoms with E-state index in [0.29, 0.717) is 24.2 Å². The molecule has 2 fully saturated rings. The molecule has 10 nitrogen and oxygen atoms in total. The molecule has 1 aromatic heterocycles. The second-order valence-electron chi connectivity index (χ2n) is 11.4. The molecule has 0 unspecified atom stereocenters. The third kappa shape index (κ3) is 6.66. The molecule has 0 spiro atoms. The van der Waals surface area contributed by atoms with Crippen LogP contribution in [0.4, 0.5) is 26.0 Å². The highest BCUT2D eigenvalue weighted by atomic mass is 19.1. The second-order valence-corrected chi connectivity index (χ2v) is 11.4. The predicted octanol–water partition coefficient (Wildman–Crippen LogP) is 4.91. The van der Waals surface area contributed by atoms with E-state index in [4.69, 9.17) is 10.1 Å². The molecule has 2 aromatic carbocycles. The number of carbonyl (C=O) groups is 2. The Morgan fingerprint density at radius 3 is 2.30 bits per heavy atom. The minimum atomic E-state index is -1.29. The van der Waals surface area contributed by atoms with Crippen LogP contribution in [0.2, 0.25) is 0 Å². The number of rotatable bonds is 9. The van der Waals surface area contributed by atoms with Crippen LogP contribution in [0, 0.1) is 22.5 Å². The number of amides is 2. The van der Waals surface area contributed by atoms with E-state index < -0.39 is 28.9 Å². The second kappa shape index (κ2) is 12.9. The van der Waals surface area contributed by atoms with Gasteiger partial charge in [0.25, 0.3) is 0 Å². The van der Waals surface area contributed by atoms with Crippen molar-refractivity contribution in [1.29, 1.82) is 5.41 Å². The Hall–Kier alpha value is -5.36. The van der Waals surface area contributed by atoms with Gasteiger partial charge in [-0.2, -0.15) is 0 Å². The number of hydrogen-bond donors (Lipinski definition) is 4. The SMILES string of the molecule is CN1CCN(c2ccc(C3=CN/C(=C\C=N)C(Oc4ccc(NC(=O)C5(C(=O)Nc6ccc(F)cc6)CC5)cc4F)=C3)cn2)CC1. The fraction of sp³-hybridized carbons (Fsp3) is 0.235. The summed E-state index contributed by atoms with van der Waals surface area (Å²) in [5.74, 6) is -1.14. The summed E-state index contributed by atoms with van der Waals surface area (Å²) in [5.41, 5.74) is 1.29. The van der Waals surface area contributed by atoms with Crippen molar-refractivity contribution in [2.45, 2.75) is 12.8 Å². The van der Waals surface area contributed by atoms with E-state index >= 15 is 4.39 Å². The van der Waals surface area contributed by atoms with Crippen LogP contribution in [0.15, 0.2) is 90.6 Å². The molecular weight excluding hydrogens is 592 g/mol. The van der Waals surface area contributed by atoms with Crippen LogP contribution in [-0.4, -0.2) is 61.1 Å². The Bertz CT molecular complexity index is 1740. The van der Waals surface area contributed by atoms with Crippen LogP contribution in [0.3, 0.4) is 0 Å². The lowest BCUT2D eigenvalue weighted by molar-refractivity contribution is -0.131. The number of benzene rings is 2. The Labute approximate surface area is 265 Å². The molecule has 2 aliphatic heterocycles. The first kappa shape index (κ1) is 30.7. The largest absolute Gasteiger partial charge is 0.452 e. The Morgan fingerprint density at radius 1 is 0.978 bits per heavy atom. The van der Waals surface area contributed by atoms with Gasteiger partial charge >= 0.3 is 0 Å². The zero-order valence-electron chi connectivity index (χ0n) is 25.1. The lowest BCUT2D eigenvalue weighted by atomic mass is 10.0. The molecule has 1 saturated carbocycles. The normalized spacial score (nSPS) is 18.2. The highest BCUT2D eigenvalue weighted by Crippen LogP contribution is 2.47. The molecule has 4 N–H and O–H groups in total. The number of likely N-dealkylation sites (N-methyl/N-ethyl adjacent to an activating group) is 1. The highest BCUT2D eigenvalue weighted by molar-refractivity contribution is 6.16. The van der Waals surface area contributed by atoms with E-state index in [0.717, 1.165) is 55.4 Å². The molecule has 6 rings (SSSR count). The first-order chi connectivity index (χ1) is 22.2. The zero-order chi connectivity index (χ0) is 32.3. The minimum absolute atomic E-state index is 0.0955. The van der Waals surface area contributed by atoms with E-state index in [1.807, 2.05) is 12.1 Å². The third-order valence-corrected chi connectivity index (χ3v) is 8.22. The van der Waals surface area contributed by atoms with E-state index in [1.54, 1.807) is 18.5 Å². The van der Waals surface area contributed by atoms with Gasteiger partial charge in [0.1, 0.15) is 17.1 Å². The Balaban J connectivity index is 1.13. The average molecular weight is 626 g/mol. The lowest BCUT2D eigenvalue weighted by Crippen LogP contribution is -2.44. The van der Waals surface area contributed by atoms with Gasteiger partial charge in [-0.15, -0.1) is 0 Å². The first-order valence-electron chi connectivity index (χ1n) is 14.9. The summed E-state index contributed by atoms with van der Waals surface area (Å²) in [7, 11) is 2.10. The summed E-state index contributed by atoms with van der Waals surface area (Å²) in [6.07, 6.45) is 8.55. The molecule has 0 atom stereocenters. The maximum Gasteiger partial charge on any atom is 0.240 e. The van der Waals surface area contributed by atoms with Crippen molar-refractivity contribution < 1.29 is 23.1 Å². The fourth-order valence-electron chi connectivity index (χ4n) is 5.23. The van der Waals surface area contributed by atoms with E-state index in [9.17, 15) is 14.0 Å². The standard InChI is InChI=1S/C34H33F2N7O3/c1-42-14-16-43(17-15-42)31-9-2-22(20-39-31)23-18-30(28(10-13-37)38-21-23)46-29-8-7-26(19-27(29)36)41-33(45)34(11-12-34)32(44)40-25-5-3-24(35)4-6-25/h2-10,13,18-21,37-38H,11-12,14-17H2,1H3,(H,40,44)(H,41,45)/b28-10-,37-13?. The highest BCUT2D eigenvalue weighted by Gasteiger charge is 2.56. The maximum absolute atomic E-state index is 15.3. The number of pyridine rings is 1. The van der Waals surface area contributed by atoms with E-state index in [1.165, 1.54) is 42.5 Å². The topological polar surface area (TPSA) is 123 Å². The van der Waals surface area contributed by atoms with Crippen LogP contribution in [0.25, 0.3) is 5.57 Å². The summed E-state index contributed by atoms with van der Waals surface area (Å²) in [4.78, 5) is 35.1. The molecule has 46 heavy (non-hydrogen) atoms. The van der Waals surface area contributed by atoms with Crippen molar-refractivity contribution in [3.8, 4) is 5.75 Å². The maximum atomic E-state index is 15.3. The molecular formula is C34H33F2N7O3. The quantitative estimate of drug-likeness (QED) is 0.197. The summed E-state index contributed by atoms with van der Waals surface area (Å²) < 4.78 is 34.5. The van der Waals surface area contributed by atoms with Crippen LogP contribution in [0.5, 0.6) is 5.75 Å². The van der Waals surface area contributed by atoms with Gasteiger partial charge in [0.05, 0.1) is 5.70 Å². The number of hydrogen-bond acceptors (Lipinski definition) is 8. The molecule has 3 aromatic rings. The number of carbonyl (C=O) groups excluding carboxylic acids is 2. The molecule has 3 aliphatic rings. The molecule has 236 valence electrons. The number of piperazine rings is 1. The molecule has 3 heterocycles. The monoisotopic (exact) mass is 625 g/mol. The molecule has 0 bridgehead atoms. The van der Waals surface area contributed by atoms with Crippen LogP contribution in [-0.2, 0) is 9.59 Å². The van der Waals surface area contributed by atoms with Crippen molar-refractivity contribution >= 4 is 40.8 Å². The van der Waals surface area contributed by atoms with Crippen molar-refractivity contribution in [3.63, 3.8) is 0 Å². The first-order valence-corrected chi connectivity index (χ1v) is 14.9. The van der Waals surface area contributed by atoms with Gasteiger partial charge in [0.2, 0.25) is 11.8 Å². The number of nitrogens with zero attached hydrogens (tertiary/aromatic N) is 3. The summed E-state index contributed by atoms with van der Waals surface area (Å²) in [5, 5.41) is 15.9. The van der Waals surface area contributed by atoms with Gasteiger partial charge in [-0.1, -0.05) is 0 Å². The summed E-state index contributed by atoms with van der Waals surface area (Å²) >= 11 is 0. The fourth-order valence-corrected chi connectivity index (χ4v) is 5.23. The van der Waals surface area contributed by atoms with Crippen molar-refractivity contribution in [3.05, 3.63) is 108 Å². The number of anilines is 3. The van der Waals surface area contributed by atoms with Gasteiger partial charge in [-0.3, -0.25) is 9.59 Å². The number of nitrogens with one attached hydrogen (secondary N) is 4. The third-order valence-electron chi connectivity index (χ3n) is 8.22. The van der Waals surface area contributed by atoms with Gasteiger partial charge in [-0.05, 0) is 80.6 Å². The number of ether oxygens (including phenoxy) is 1. The molecule has 0 radical (unpaired) electrons. The molecule has 2 amide bonds. The Kier molecular flexibility index (Phi) is 8.62. The summed E-state index contributed by atoms with van der Waals surface area (Å²) in [6.45, 7) is 3.77. The van der Waals surface area contributed by atoms with Crippen LogP contribution >= 0.6 is 0 Å². The van der Waals surface area contributed by atoms with Crippen molar-refractivity contribution in [1.82, 2.24) is 15.2 Å². The molecule has 1 aliphatic carbocycles. The van der Waals surface area contributed by atoms with Gasteiger partial charge in [-0.25, -0.2) is 13.8 Å². The van der Waals surface area contributed by atoms with Crippen LogP contribution in [0.1, 0.15) is 18.4 Å². The molecule has 1 saturated heterocycles. The van der Waals surface area contributed by atoms with Gasteiger partial charge in [0, 0.05) is 73.4 Å². The van der Waals surface area contributed by atoms with Gasteiger partial charge < -0.3 is 35.9 Å². The number of allylic oxidation sites excluding steroid dienone is 3. The molecule has 12 heteroatoms.